The second-order valence-electron chi connectivity index (χ2n) is 4.46. The normalized spacial score (nSPS) is 12.9. The fourth-order valence-electron chi connectivity index (χ4n) is 1.73. The lowest BCUT2D eigenvalue weighted by molar-refractivity contribution is 0.123. The summed E-state index contributed by atoms with van der Waals surface area (Å²) in [7, 11) is 0. The van der Waals surface area contributed by atoms with Crippen molar-refractivity contribution in [1.29, 1.82) is 0 Å². The standard InChI is InChI=1S/C13H29NO2/c1-2-3-4-5-6-7-10-13(16)14-11-8-9-12-15/h13-16H,2-12H2,1H3. The van der Waals surface area contributed by atoms with Crippen LogP contribution in [0.4, 0.5) is 0 Å². The van der Waals surface area contributed by atoms with Gasteiger partial charge in [0.25, 0.3) is 0 Å². The molecule has 3 N–H and O–H groups in total. The lowest BCUT2D eigenvalue weighted by Gasteiger charge is -2.12. The Balaban J connectivity index is 3.08. The van der Waals surface area contributed by atoms with Crippen molar-refractivity contribution in [1.82, 2.24) is 5.32 Å². The van der Waals surface area contributed by atoms with Crippen molar-refractivity contribution in [3.05, 3.63) is 0 Å². The maximum Gasteiger partial charge on any atom is 0.104 e. The third-order valence-corrected chi connectivity index (χ3v) is 2.80. The predicted molar refractivity (Wildman–Crippen MR) is 68.3 cm³/mol. The molecule has 16 heavy (non-hydrogen) atoms. The maximum absolute atomic E-state index is 9.58. The van der Waals surface area contributed by atoms with Crippen LogP contribution in [-0.4, -0.2) is 29.6 Å². The van der Waals surface area contributed by atoms with E-state index in [0.29, 0.717) is 0 Å². The van der Waals surface area contributed by atoms with Crippen LogP contribution in [0.15, 0.2) is 0 Å². The van der Waals surface area contributed by atoms with E-state index in [-0.39, 0.29) is 12.8 Å². The number of aliphatic hydroxyl groups excluding tert-OH is 2. The van der Waals surface area contributed by atoms with E-state index in [2.05, 4.69) is 12.2 Å². The highest BCUT2D eigenvalue weighted by molar-refractivity contribution is 4.55. The van der Waals surface area contributed by atoms with Crippen molar-refractivity contribution in [3.8, 4) is 0 Å². The van der Waals surface area contributed by atoms with Gasteiger partial charge in [-0.2, -0.15) is 0 Å². The molecule has 0 aliphatic heterocycles. The summed E-state index contributed by atoms with van der Waals surface area (Å²) in [6, 6.07) is 0. The monoisotopic (exact) mass is 231 g/mol. The van der Waals surface area contributed by atoms with Gasteiger partial charge in [-0.05, 0) is 32.2 Å². The fraction of sp³-hybridized carbons (Fsp3) is 1.00. The van der Waals surface area contributed by atoms with Gasteiger partial charge < -0.3 is 10.2 Å². The van der Waals surface area contributed by atoms with Gasteiger partial charge in [-0.25, -0.2) is 0 Å². The van der Waals surface area contributed by atoms with Gasteiger partial charge in [0.15, 0.2) is 0 Å². The number of aliphatic hydroxyl groups is 2. The summed E-state index contributed by atoms with van der Waals surface area (Å²) in [6.07, 6.45) is 9.84. The number of hydrogen-bond donors (Lipinski definition) is 3. The summed E-state index contributed by atoms with van der Waals surface area (Å²) in [4.78, 5) is 0. The molecule has 0 aliphatic rings. The van der Waals surface area contributed by atoms with E-state index in [1.807, 2.05) is 0 Å². The molecule has 0 aromatic heterocycles. The van der Waals surface area contributed by atoms with Gasteiger partial charge in [0.05, 0.1) is 0 Å². The van der Waals surface area contributed by atoms with Gasteiger partial charge in [0.1, 0.15) is 6.23 Å². The molecule has 0 saturated carbocycles. The Hall–Kier alpha value is -0.120. The lowest BCUT2D eigenvalue weighted by atomic mass is 10.1. The summed E-state index contributed by atoms with van der Waals surface area (Å²) in [6.45, 7) is 3.27. The van der Waals surface area contributed by atoms with Crippen LogP contribution < -0.4 is 5.32 Å². The van der Waals surface area contributed by atoms with Gasteiger partial charge in [0.2, 0.25) is 0 Å². The van der Waals surface area contributed by atoms with Crippen LogP contribution in [0.3, 0.4) is 0 Å². The summed E-state index contributed by atoms with van der Waals surface area (Å²) >= 11 is 0. The Morgan fingerprint density at radius 3 is 2.31 bits per heavy atom. The van der Waals surface area contributed by atoms with Crippen molar-refractivity contribution < 1.29 is 10.2 Å². The zero-order chi connectivity index (χ0) is 12.1. The number of unbranched alkanes of at least 4 members (excludes halogenated alkanes) is 6. The van der Waals surface area contributed by atoms with Crippen molar-refractivity contribution >= 4 is 0 Å². The molecule has 0 saturated heterocycles. The van der Waals surface area contributed by atoms with Crippen molar-refractivity contribution in [2.75, 3.05) is 13.2 Å². The Kier molecular flexibility index (Phi) is 12.9. The molecule has 0 bridgehead atoms. The van der Waals surface area contributed by atoms with E-state index in [1.165, 1.54) is 32.1 Å². The lowest BCUT2D eigenvalue weighted by Crippen LogP contribution is -2.29. The van der Waals surface area contributed by atoms with E-state index < -0.39 is 0 Å². The van der Waals surface area contributed by atoms with Gasteiger partial charge in [-0.3, -0.25) is 5.32 Å². The Labute approximate surface area is 100 Å². The molecule has 0 aliphatic carbocycles. The van der Waals surface area contributed by atoms with E-state index >= 15 is 0 Å². The summed E-state index contributed by atoms with van der Waals surface area (Å²) < 4.78 is 0. The highest BCUT2D eigenvalue weighted by atomic mass is 16.3. The zero-order valence-corrected chi connectivity index (χ0v) is 10.7. The largest absolute Gasteiger partial charge is 0.396 e. The molecule has 1 atom stereocenters. The van der Waals surface area contributed by atoms with Crippen molar-refractivity contribution in [2.24, 2.45) is 0 Å². The highest BCUT2D eigenvalue weighted by Crippen LogP contribution is 2.07. The molecule has 98 valence electrons. The minimum Gasteiger partial charge on any atom is -0.396 e. The van der Waals surface area contributed by atoms with Gasteiger partial charge >= 0.3 is 0 Å². The third kappa shape index (κ3) is 12.0. The van der Waals surface area contributed by atoms with Gasteiger partial charge in [-0.1, -0.05) is 39.0 Å². The van der Waals surface area contributed by atoms with Crippen LogP contribution in [0.5, 0.6) is 0 Å². The highest BCUT2D eigenvalue weighted by Gasteiger charge is 2.01. The van der Waals surface area contributed by atoms with Gasteiger partial charge in [0, 0.05) is 6.61 Å². The molecule has 0 amide bonds. The number of rotatable bonds is 12. The van der Waals surface area contributed by atoms with Crippen LogP contribution in [-0.2, 0) is 0 Å². The molecule has 0 rings (SSSR count). The molecule has 0 radical (unpaired) electrons. The summed E-state index contributed by atoms with van der Waals surface area (Å²) in [5.41, 5.74) is 0. The van der Waals surface area contributed by atoms with Crippen LogP contribution >= 0.6 is 0 Å². The molecular weight excluding hydrogens is 202 g/mol. The summed E-state index contributed by atoms with van der Waals surface area (Å²) in [5.74, 6) is 0. The van der Waals surface area contributed by atoms with Crippen LogP contribution in [0, 0.1) is 0 Å². The first kappa shape index (κ1) is 15.9. The van der Waals surface area contributed by atoms with E-state index in [9.17, 15) is 5.11 Å². The molecule has 0 spiro atoms. The second kappa shape index (κ2) is 12.9. The molecule has 0 aromatic rings. The number of nitrogens with one attached hydrogen (secondary N) is 1. The van der Waals surface area contributed by atoms with Crippen molar-refractivity contribution in [3.63, 3.8) is 0 Å². The molecule has 0 aromatic carbocycles. The Morgan fingerprint density at radius 2 is 1.62 bits per heavy atom. The first-order chi connectivity index (χ1) is 7.81. The number of hydrogen-bond acceptors (Lipinski definition) is 3. The van der Waals surface area contributed by atoms with Crippen LogP contribution in [0.1, 0.15) is 64.7 Å². The minimum atomic E-state index is -0.357. The first-order valence-electron chi connectivity index (χ1n) is 6.83. The van der Waals surface area contributed by atoms with Crippen LogP contribution in [0.25, 0.3) is 0 Å². The third-order valence-electron chi connectivity index (χ3n) is 2.80. The summed E-state index contributed by atoms with van der Waals surface area (Å²) in [5, 5.41) is 21.2. The second-order valence-corrected chi connectivity index (χ2v) is 4.46. The van der Waals surface area contributed by atoms with Gasteiger partial charge in [-0.15, -0.1) is 0 Å². The topological polar surface area (TPSA) is 52.5 Å². The fourth-order valence-corrected chi connectivity index (χ4v) is 1.73. The molecule has 0 fully saturated rings. The van der Waals surface area contributed by atoms with E-state index in [0.717, 1.165) is 32.2 Å². The van der Waals surface area contributed by atoms with E-state index in [1.54, 1.807) is 0 Å². The maximum atomic E-state index is 9.58. The molecule has 0 heterocycles. The average molecular weight is 231 g/mol. The van der Waals surface area contributed by atoms with Crippen LogP contribution in [0.2, 0.25) is 0 Å². The SMILES string of the molecule is CCCCCCCCC(O)NCCCCO. The van der Waals surface area contributed by atoms with Crippen molar-refractivity contribution in [2.45, 2.75) is 70.9 Å². The quantitative estimate of drug-likeness (QED) is 0.357. The molecular formula is C13H29NO2. The minimum absolute atomic E-state index is 0.245. The Bertz CT molecular complexity index is 131. The first-order valence-corrected chi connectivity index (χ1v) is 6.83. The smallest absolute Gasteiger partial charge is 0.104 e. The zero-order valence-electron chi connectivity index (χ0n) is 10.7. The van der Waals surface area contributed by atoms with E-state index in [4.69, 9.17) is 5.11 Å². The molecule has 3 heteroatoms. The molecule has 1 unspecified atom stereocenters. The predicted octanol–water partition coefficient (Wildman–Crippen LogP) is 2.42. The average Bonchev–Trinajstić information content (AvgIpc) is 2.29. The Morgan fingerprint density at radius 1 is 0.938 bits per heavy atom. The molecule has 3 nitrogen and oxygen atoms in total.